The molecule has 0 spiro atoms. The van der Waals surface area contributed by atoms with Crippen LogP contribution in [0.2, 0.25) is 0 Å². The second kappa shape index (κ2) is 19.8. The summed E-state index contributed by atoms with van der Waals surface area (Å²) >= 11 is 0. The van der Waals surface area contributed by atoms with Crippen LogP contribution in [0.5, 0.6) is 17.2 Å². The van der Waals surface area contributed by atoms with Crippen molar-refractivity contribution in [1.82, 2.24) is 19.9 Å². The van der Waals surface area contributed by atoms with Crippen molar-refractivity contribution in [2.75, 3.05) is 21.3 Å². The number of halogens is 2. The molecule has 6 rings (SSSR count). The molecule has 0 amide bonds. The highest BCUT2D eigenvalue weighted by molar-refractivity contribution is 5.38. The molecule has 7 nitrogen and oxygen atoms in total. The van der Waals surface area contributed by atoms with E-state index in [0.717, 1.165) is 91.1 Å². The Labute approximate surface area is 305 Å². The minimum Gasteiger partial charge on any atom is -0.497 e. The van der Waals surface area contributed by atoms with Crippen LogP contribution >= 0.6 is 0 Å². The maximum absolute atomic E-state index is 13.3. The van der Waals surface area contributed by atoms with Crippen molar-refractivity contribution in [2.24, 2.45) is 0 Å². The number of benzene rings is 4. The molecule has 2 atom stereocenters. The molecule has 0 aliphatic heterocycles. The maximum atomic E-state index is 13.3. The van der Waals surface area contributed by atoms with Crippen LogP contribution in [0, 0.1) is 11.6 Å². The standard InChI is InChI=1S/C22H25FN2O2.C21H23FN2O/c1-26-19-11-16(12-20(13-19)27-2)5-3-4-6-21(22-14-24-15-25-22)17-7-9-18(23)10-8-17;1-25-19-7-4-6-16(13-19)5-2-3-8-20(21-14-23-15-24-21)17-9-11-18(22)12-10-17/h7-15,21H,3-6H2,1-2H3,(H,24,25);4,6-7,9-15,20H,2-3,5,8H2,1H3,(H,23,24). The first-order valence-electron chi connectivity index (χ1n) is 17.8. The topological polar surface area (TPSA) is 85.1 Å². The molecule has 2 unspecified atom stereocenters. The van der Waals surface area contributed by atoms with Crippen LogP contribution in [-0.2, 0) is 12.8 Å². The zero-order chi connectivity index (χ0) is 36.5. The van der Waals surface area contributed by atoms with Gasteiger partial charge in [-0.2, -0.15) is 0 Å². The Kier molecular flexibility index (Phi) is 14.4. The van der Waals surface area contributed by atoms with Crippen molar-refractivity contribution in [2.45, 2.75) is 63.2 Å². The van der Waals surface area contributed by atoms with Crippen molar-refractivity contribution < 1.29 is 23.0 Å². The lowest BCUT2D eigenvalue weighted by molar-refractivity contribution is 0.393. The molecule has 0 saturated carbocycles. The third-order valence-electron chi connectivity index (χ3n) is 9.30. The molecular weight excluding hydrogens is 658 g/mol. The van der Waals surface area contributed by atoms with E-state index in [1.807, 2.05) is 54.9 Å². The molecule has 0 fully saturated rings. The number of aromatic nitrogens is 4. The summed E-state index contributed by atoms with van der Waals surface area (Å²) < 4.78 is 42.4. The van der Waals surface area contributed by atoms with Crippen molar-refractivity contribution >= 4 is 0 Å². The average Bonchev–Trinajstić information content (AvgIpc) is 3.92. The van der Waals surface area contributed by atoms with Crippen LogP contribution in [0.4, 0.5) is 8.78 Å². The molecule has 9 heteroatoms. The van der Waals surface area contributed by atoms with Gasteiger partial charge in [0.05, 0.1) is 34.0 Å². The zero-order valence-corrected chi connectivity index (χ0v) is 30.2. The molecule has 2 heterocycles. The Morgan fingerprint density at radius 1 is 0.538 bits per heavy atom. The number of rotatable bonds is 17. The number of hydrogen-bond donors (Lipinski definition) is 2. The minimum atomic E-state index is -0.214. The second-order valence-corrected chi connectivity index (χ2v) is 12.8. The predicted octanol–water partition coefficient (Wildman–Crippen LogP) is 10.2. The van der Waals surface area contributed by atoms with E-state index < -0.39 is 0 Å². The highest BCUT2D eigenvalue weighted by Crippen LogP contribution is 2.31. The van der Waals surface area contributed by atoms with E-state index in [1.165, 1.54) is 35.4 Å². The van der Waals surface area contributed by atoms with Gasteiger partial charge in [0.2, 0.25) is 0 Å². The highest BCUT2D eigenvalue weighted by atomic mass is 19.1. The van der Waals surface area contributed by atoms with Gasteiger partial charge in [-0.3, -0.25) is 0 Å². The molecule has 0 radical (unpaired) electrons. The van der Waals surface area contributed by atoms with Gasteiger partial charge in [0, 0.05) is 41.7 Å². The summed E-state index contributed by atoms with van der Waals surface area (Å²) in [6, 6.07) is 27.7. The van der Waals surface area contributed by atoms with Crippen molar-refractivity contribution in [3.05, 3.63) is 161 Å². The van der Waals surface area contributed by atoms with Gasteiger partial charge in [-0.25, -0.2) is 18.7 Å². The summed E-state index contributed by atoms with van der Waals surface area (Å²) in [4.78, 5) is 14.7. The molecule has 0 bridgehead atoms. The number of methoxy groups -OCH3 is 3. The minimum absolute atomic E-state index is 0.188. The number of nitrogens with zero attached hydrogens (tertiary/aromatic N) is 2. The molecule has 0 aliphatic carbocycles. The van der Waals surface area contributed by atoms with Gasteiger partial charge in [0.1, 0.15) is 28.9 Å². The Morgan fingerprint density at radius 3 is 1.44 bits per heavy atom. The molecular formula is C43H48F2N4O3. The fourth-order valence-corrected chi connectivity index (χ4v) is 6.50. The fraction of sp³-hybridized carbons (Fsp3) is 0.302. The second-order valence-electron chi connectivity index (χ2n) is 12.8. The molecule has 272 valence electrons. The molecule has 2 aromatic heterocycles. The molecule has 0 saturated heterocycles. The van der Waals surface area contributed by atoms with Crippen LogP contribution in [0.1, 0.15) is 84.0 Å². The SMILES string of the molecule is COc1cc(CCCCC(c2ccc(F)cc2)c2cnc[nH]2)cc(OC)c1.COc1cccc(CCCCC(c2ccc(F)cc2)c2cnc[nH]2)c1. The van der Waals surface area contributed by atoms with Gasteiger partial charge in [0.25, 0.3) is 0 Å². The number of nitrogens with one attached hydrogen (secondary N) is 2. The number of ether oxygens (including phenoxy) is 3. The molecule has 52 heavy (non-hydrogen) atoms. The van der Waals surface area contributed by atoms with Gasteiger partial charge in [-0.05, 0) is 109 Å². The largest absolute Gasteiger partial charge is 0.497 e. The van der Waals surface area contributed by atoms with Crippen LogP contribution in [-0.4, -0.2) is 41.3 Å². The van der Waals surface area contributed by atoms with E-state index in [0.29, 0.717) is 0 Å². The van der Waals surface area contributed by atoms with Gasteiger partial charge in [-0.15, -0.1) is 0 Å². The summed E-state index contributed by atoms with van der Waals surface area (Å²) in [5.74, 6) is 2.51. The Hall–Kier alpha value is -5.44. The summed E-state index contributed by atoms with van der Waals surface area (Å²) in [5, 5.41) is 0. The van der Waals surface area contributed by atoms with E-state index in [2.05, 4.69) is 44.2 Å². The molecule has 2 N–H and O–H groups in total. The Bertz CT molecular complexity index is 1860. The lowest BCUT2D eigenvalue weighted by Gasteiger charge is -2.16. The summed E-state index contributed by atoms with van der Waals surface area (Å²) in [6.45, 7) is 0. The monoisotopic (exact) mass is 706 g/mol. The van der Waals surface area contributed by atoms with Crippen LogP contribution in [0.15, 0.2) is 116 Å². The van der Waals surface area contributed by atoms with E-state index in [1.54, 1.807) is 34.0 Å². The van der Waals surface area contributed by atoms with Gasteiger partial charge in [-0.1, -0.05) is 49.2 Å². The number of aryl methyl sites for hydroxylation is 2. The Morgan fingerprint density at radius 2 is 1.00 bits per heavy atom. The van der Waals surface area contributed by atoms with Gasteiger partial charge < -0.3 is 24.2 Å². The highest BCUT2D eigenvalue weighted by Gasteiger charge is 2.17. The van der Waals surface area contributed by atoms with Crippen molar-refractivity contribution in [3.8, 4) is 17.2 Å². The van der Waals surface area contributed by atoms with Crippen LogP contribution in [0.3, 0.4) is 0 Å². The molecule has 4 aromatic carbocycles. The number of unbranched alkanes of at least 4 members (excludes halogenated alkanes) is 2. The first kappa shape index (κ1) is 37.8. The van der Waals surface area contributed by atoms with Crippen LogP contribution < -0.4 is 14.2 Å². The van der Waals surface area contributed by atoms with Crippen molar-refractivity contribution in [3.63, 3.8) is 0 Å². The summed E-state index contributed by atoms with van der Waals surface area (Å²) in [5.41, 5.74) is 6.85. The zero-order valence-electron chi connectivity index (χ0n) is 30.2. The van der Waals surface area contributed by atoms with E-state index >= 15 is 0 Å². The third-order valence-corrected chi connectivity index (χ3v) is 9.30. The first-order valence-corrected chi connectivity index (χ1v) is 17.8. The first-order chi connectivity index (χ1) is 25.4. The quantitative estimate of drug-likeness (QED) is 0.0923. The van der Waals surface area contributed by atoms with Gasteiger partial charge in [0.15, 0.2) is 0 Å². The normalized spacial score (nSPS) is 12.0. The van der Waals surface area contributed by atoms with E-state index in [-0.39, 0.29) is 23.5 Å². The average molecular weight is 707 g/mol. The van der Waals surface area contributed by atoms with Crippen molar-refractivity contribution in [1.29, 1.82) is 0 Å². The van der Waals surface area contributed by atoms with Crippen LogP contribution in [0.25, 0.3) is 0 Å². The fourth-order valence-electron chi connectivity index (χ4n) is 6.50. The number of hydrogen-bond acceptors (Lipinski definition) is 5. The number of aromatic amines is 2. The number of imidazole rings is 2. The van der Waals surface area contributed by atoms with E-state index in [4.69, 9.17) is 14.2 Å². The summed E-state index contributed by atoms with van der Waals surface area (Å²) in [6.07, 6.45) is 15.3. The van der Waals surface area contributed by atoms with Gasteiger partial charge >= 0.3 is 0 Å². The molecule has 6 aromatic rings. The summed E-state index contributed by atoms with van der Waals surface area (Å²) in [7, 11) is 5.02. The predicted molar refractivity (Wildman–Crippen MR) is 201 cm³/mol. The number of H-pyrrole nitrogens is 2. The lowest BCUT2D eigenvalue weighted by Crippen LogP contribution is -2.02. The lowest BCUT2D eigenvalue weighted by atomic mass is 9.90. The maximum Gasteiger partial charge on any atom is 0.123 e. The third kappa shape index (κ3) is 11.3. The van der Waals surface area contributed by atoms with E-state index in [9.17, 15) is 8.78 Å². The molecule has 0 aliphatic rings. The Balaban J connectivity index is 0.000000202. The smallest absolute Gasteiger partial charge is 0.123 e.